The minimum absolute atomic E-state index is 0.119. The highest BCUT2D eigenvalue weighted by molar-refractivity contribution is 7.17. The van der Waals surface area contributed by atoms with Crippen molar-refractivity contribution < 1.29 is 14.5 Å². The summed E-state index contributed by atoms with van der Waals surface area (Å²) in [6.07, 6.45) is 2.61. The van der Waals surface area contributed by atoms with Gasteiger partial charge in [-0.3, -0.25) is 19.7 Å². The number of anilines is 1. The molecule has 0 unspecified atom stereocenters. The Hall–Kier alpha value is -2.74. The second-order valence-electron chi connectivity index (χ2n) is 5.64. The smallest absolute Gasteiger partial charge is 0.273 e. The number of nitrogens with one attached hydrogen (secondary N) is 1. The van der Waals surface area contributed by atoms with Gasteiger partial charge in [-0.15, -0.1) is 11.3 Å². The molecule has 1 aromatic carbocycles. The Morgan fingerprint density at radius 2 is 2.08 bits per heavy atom. The van der Waals surface area contributed by atoms with Gasteiger partial charge in [-0.05, 0) is 37.8 Å². The molecule has 1 aliphatic carbocycles. The maximum atomic E-state index is 12.4. The molecule has 0 atom stereocenters. The lowest BCUT2D eigenvalue weighted by molar-refractivity contribution is -0.385. The number of hydrogen-bond acceptors (Lipinski definition) is 5. The molecule has 0 saturated carbocycles. The maximum Gasteiger partial charge on any atom is 0.273 e. The molecule has 3 rings (SSSR count). The second kappa shape index (κ2) is 6.04. The fourth-order valence-electron chi connectivity index (χ4n) is 2.88. The third-order valence-electron chi connectivity index (χ3n) is 4.06. The van der Waals surface area contributed by atoms with Crippen molar-refractivity contribution in [3.63, 3.8) is 0 Å². The number of nitro groups is 1. The van der Waals surface area contributed by atoms with Crippen molar-refractivity contribution in [2.75, 3.05) is 5.32 Å². The van der Waals surface area contributed by atoms with E-state index in [0.717, 1.165) is 29.7 Å². The van der Waals surface area contributed by atoms with Crippen LogP contribution in [0.4, 0.5) is 10.7 Å². The van der Waals surface area contributed by atoms with Gasteiger partial charge in [-0.1, -0.05) is 6.07 Å². The van der Waals surface area contributed by atoms with E-state index < -0.39 is 16.7 Å². The van der Waals surface area contributed by atoms with Gasteiger partial charge in [0.1, 0.15) is 5.00 Å². The number of amides is 2. The third-order valence-corrected chi connectivity index (χ3v) is 5.27. The summed E-state index contributed by atoms with van der Waals surface area (Å²) in [7, 11) is 0. The molecule has 8 heteroatoms. The van der Waals surface area contributed by atoms with Crippen LogP contribution in [0.1, 0.15) is 43.1 Å². The normalized spacial score (nSPS) is 12.7. The summed E-state index contributed by atoms with van der Waals surface area (Å²) in [5.74, 6) is -1.07. The molecule has 0 fully saturated rings. The molecule has 124 valence electrons. The van der Waals surface area contributed by atoms with Gasteiger partial charge >= 0.3 is 0 Å². The largest absolute Gasteiger partial charge is 0.365 e. The van der Waals surface area contributed by atoms with Crippen LogP contribution in [0, 0.1) is 17.0 Å². The van der Waals surface area contributed by atoms with Gasteiger partial charge < -0.3 is 11.1 Å². The Morgan fingerprint density at radius 1 is 1.33 bits per heavy atom. The Bertz CT molecular complexity index is 872. The number of aryl methyl sites for hydroxylation is 2. The number of rotatable bonds is 4. The first-order valence-electron chi connectivity index (χ1n) is 7.39. The number of benzene rings is 1. The van der Waals surface area contributed by atoms with Crippen LogP contribution in [-0.2, 0) is 12.8 Å². The first kappa shape index (κ1) is 16.1. The molecule has 0 bridgehead atoms. The Kier molecular flexibility index (Phi) is 4.06. The SMILES string of the molecule is Cc1ccc(C(=O)Nc2sc3c(c2C(N)=O)CCC3)cc1[N+](=O)[O-]. The van der Waals surface area contributed by atoms with E-state index in [9.17, 15) is 19.7 Å². The lowest BCUT2D eigenvalue weighted by atomic mass is 10.1. The maximum absolute atomic E-state index is 12.4. The van der Waals surface area contributed by atoms with E-state index in [1.165, 1.54) is 29.5 Å². The number of nitro benzene ring substituents is 1. The zero-order valence-corrected chi connectivity index (χ0v) is 13.7. The van der Waals surface area contributed by atoms with E-state index in [0.29, 0.717) is 16.1 Å². The molecule has 0 aliphatic heterocycles. The van der Waals surface area contributed by atoms with E-state index in [4.69, 9.17) is 5.73 Å². The van der Waals surface area contributed by atoms with Gasteiger partial charge in [-0.2, -0.15) is 0 Å². The minimum Gasteiger partial charge on any atom is -0.365 e. The molecule has 1 aliphatic rings. The summed E-state index contributed by atoms with van der Waals surface area (Å²) in [5, 5.41) is 14.1. The monoisotopic (exact) mass is 345 g/mol. The average molecular weight is 345 g/mol. The minimum atomic E-state index is -0.570. The first-order chi connectivity index (χ1) is 11.4. The molecule has 7 nitrogen and oxygen atoms in total. The van der Waals surface area contributed by atoms with Gasteiger partial charge in [0.15, 0.2) is 0 Å². The highest BCUT2D eigenvalue weighted by Crippen LogP contribution is 2.39. The second-order valence-corrected chi connectivity index (χ2v) is 6.74. The van der Waals surface area contributed by atoms with E-state index in [-0.39, 0.29) is 11.3 Å². The molecule has 0 radical (unpaired) electrons. The van der Waals surface area contributed by atoms with Crippen molar-refractivity contribution in [3.05, 3.63) is 55.4 Å². The van der Waals surface area contributed by atoms with Crippen LogP contribution in [0.5, 0.6) is 0 Å². The van der Waals surface area contributed by atoms with Crippen molar-refractivity contribution >= 4 is 33.8 Å². The number of nitrogens with two attached hydrogens (primary N) is 1. The first-order valence-corrected chi connectivity index (χ1v) is 8.21. The van der Waals surface area contributed by atoms with Crippen LogP contribution in [-0.4, -0.2) is 16.7 Å². The topological polar surface area (TPSA) is 115 Å². The van der Waals surface area contributed by atoms with E-state index in [2.05, 4.69) is 5.32 Å². The molecule has 3 N–H and O–H groups in total. The zero-order valence-electron chi connectivity index (χ0n) is 12.9. The lowest BCUT2D eigenvalue weighted by Gasteiger charge is -2.07. The molecule has 2 amide bonds. The third kappa shape index (κ3) is 2.76. The van der Waals surface area contributed by atoms with E-state index in [1.807, 2.05) is 0 Å². The Balaban J connectivity index is 1.92. The fraction of sp³-hybridized carbons (Fsp3) is 0.250. The van der Waals surface area contributed by atoms with Crippen molar-refractivity contribution in [2.45, 2.75) is 26.2 Å². The summed E-state index contributed by atoms with van der Waals surface area (Å²) in [4.78, 5) is 35.7. The standard InChI is InChI=1S/C16H15N3O4S/c1-8-5-6-9(7-11(8)19(22)23)15(21)18-16-13(14(17)20)10-3-2-4-12(10)24-16/h5-7H,2-4H2,1H3,(H2,17,20)(H,18,21). The van der Waals surface area contributed by atoms with Crippen LogP contribution < -0.4 is 11.1 Å². The summed E-state index contributed by atoms with van der Waals surface area (Å²) < 4.78 is 0. The van der Waals surface area contributed by atoms with Crippen molar-refractivity contribution in [2.24, 2.45) is 5.73 Å². The van der Waals surface area contributed by atoms with Gasteiger partial charge in [-0.25, -0.2) is 0 Å². The predicted molar refractivity (Wildman–Crippen MR) is 90.6 cm³/mol. The predicted octanol–water partition coefficient (Wildman–Crippen LogP) is 2.80. The van der Waals surface area contributed by atoms with Gasteiger partial charge in [0, 0.05) is 22.1 Å². The van der Waals surface area contributed by atoms with Crippen LogP contribution in [0.25, 0.3) is 0 Å². The fourth-order valence-corrected chi connectivity index (χ4v) is 4.17. The van der Waals surface area contributed by atoms with Crippen LogP contribution in [0.15, 0.2) is 18.2 Å². The Labute approximate surface area is 141 Å². The highest BCUT2D eigenvalue weighted by Gasteiger charge is 2.26. The molecular weight excluding hydrogens is 330 g/mol. The molecule has 2 aromatic rings. The number of carbonyl (C=O) groups excluding carboxylic acids is 2. The molecule has 0 saturated heterocycles. The molecule has 24 heavy (non-hydrogen) atoms. The van der Waals surface area contributed by atoms with Gasteiger partial charge in [0.05, 0.1) is 10.5 Å². The van der Waals surface area contributed by atoms with Crippen molar-refractivity contribution in [1.82, 2.24) is 0 Å². The van der Waals surface area contributed by atoms with Crippen LogP contribution >= 0.6 is 11.3 Å². The van der Waals surface area contributed by atoms with Crippen molar-refractivity contribution in [1.29, 1.82) is 0 Å². The number of thiophene rings is 1. The molecule has 0 spiro atoms. The highest BCUT2D eigenvalue weighted by atomic mass is 32.1. The number of nitrogens with zero attached hydrogens (tertiary/aromatic N) is 1. The number of fused-ring (bicyclic) bond motifs is 1. The van der Waals surface area contributed by atoms with Crippen LogP contribution in [0.3, 0.4) is 0 Å². The number of primary amides is 1. The molecule has 1 aromatic heterocycles. The summed E-state index contributed by atoms with van der Waals surface area (Å²) in [5.41, 5.74) is 7.26. The lowest BCUT2D eigenvalue weighted by Crippen LogP contribution is -2.18. The van der Waals surface area contributed by atoms with E-state index in [1.54, 1.807) is 6.92 Å². The molecule has 1 heterocycles. The van der Waals surface area contributed by atoms with E-state index >= 15 is 0 Å². The van der Waals surface area contributed by atoms with Gasteiger partial charge in [0.25, 0.3) is 17.5 Å². The van der Waals surface area contributed by atoms with Gasteiger partial charge in [0.2, 0.25) is 0 Å². The zero-order chi connectivity index (χ0) is 17.4. The summed E-state index contributed by atoms with van der Waals surface area (Å²) >= 11 is 1.35. The molecular formula is C16H15N3O4S. The van der Waals surface area contributed by atoms with Crippen molar-refractivity contribution in [3.8, 4) is 0 Å². The van der Waals surface area contributed by atoms with Crippen LogP contribution in [0.2, 0.25) is 0 Å². The number of carbonyl (C=O) groups is 2. The number of hydrogen-bond donors (Lipinski definition) is 2. The summed E-state index contributed by atoms with van der Waals surface area (Å²) in [6, 6.07) is 4.27. The Morgan fingerprint density at radius 3 is 2.75 bits per heavy atom. The quantitative estimate of drug-likeness (QED) is 0.654. The summed E-state index contributed by atoms with van der Waals surface area (Å²) in [6.45, 7) is 1.61. The average Bonchev–Trinajstić information content (AvgIpc) is 3.07.